The summed E-state index contributed by atoms with van der Waals surface area (Å²) >= 11 is 0. The van der Waals surface area contributed by atoms with E-state index in [9.17, 15) is 9.59 Å². The molecule has 4 nitrogen and oxygen atoms in total. The first-order valence-electron chi connectivity index (χ1n) is 7.85. The van der Waals surface area contributed by atoms with E-state index in [4.69, 9.17) is 0 Å². The van der Waals surface area contributed by atoms with E-state index in [2.05, 4.69) is 17.2 Å². The predicted molar refractivity (Wildman–Crippen MR) is 97.9 cm³/mol. The minimum Gasteiger partial charge on any atom is -0.325 e. The molecule has 24 heavy (non-hydrogen) atoms. The molecule has 2 rings (SSSR count). The van der Waals surface area contributed by atoms with E-state index in [0.717, 1.165) is 11.1 Å². The molecule has 0 radical (unpaired) electrons. The average Bonchev–Trinajstić information content (AvgIpc) is 2.56. The molecule has 2 amide bonds. The van der Waals surface area contributed by atoms with Crippen molar-refractivity contribution in [3.05, 3.63) is 72.3 Å². The zero-order valence-electron chi connectivity index (χ0n) is 14.0. The van der Waals surface area contributed by atoms with Gasteiger partial charge in [-0.15, -0.1) is 6.58 Å². The van der Waals surface area contributed by atoms with Crippen LogP contribution in [-0.2, 0) is 9.59 Å². The number of allylic oxidation sites excluding steroid dienone is 1. The second-order valence-electron chi connectivity index (χ2n) is 5.79. The Kier molecular flexibility index (Phi) is 5.90. The number of anilines is 2. The summed E-state index contributed by atoms with van der Waals surface area (Å²) in [5, 5.41) is 5.56. The molecule has 124 valence electrons. The standard InChI is InChI=1S/C20H22N2O2/c1-4-5-18(19(23)21-16-10-6-14(2)7-11-16)20(24)22-17-12-8-15(3)9-13-17/h4,6-13,18H,1,5H2,2-3H3,(H,21,23)(H,22,24). The van der Waals surface area contributed by atoms with Crippen LogP contribution < -0.4 is 10.6 Å². The lowest BCUT2D eigenvalue weighted by atomic mass is 10.0. The summed E-state index contributed by atoms with van der Waals surface area (Å²) in [7, 11) is 0. The summed E-state index contributed by atoms with van der Waals surface area (Å²) in [4.78, 5) is 24.9. The van der Waals surface area contributed by atoms with Gasteiger partial charge < -0.3 is 10.6 Å². The fourth-order valence-electron chi connectivity index (χ4n) is 2.23. The minimum atomic E-state index is -0.829. The maximum absolute atomic E-state index is 12.5. The van der Waals surface area contributed by atoms with Crippen LogP contribution in [0.1, 0.15) is 17.5 Å². The number of benzene rings is 2. The molecular weight excluding hydrogens is 300 g/mol. The lowest BCUT2D eigenvalue weighted by Gasteiger charge is -2.15. The van der Waals surface area contributed by atoms with Crippen LogP contribution in [0.25, 0.3) is 0 Å². The van der Waals surface area contributed by atoms with Gasteiger partial charge in [-0.05, 0) is 44.5 Å². The smallest absolute Gasteiger partial charge is 0.237 e. The molecule has 0 heterocycles. The summed E-state index contributed by atoms with van der Waals surface area (Å²) in [5.74, 6) is -1.52. The van der Waals surface area contributed by atoms with E-state index in [1.54, 1.807) is 6.08 Å². The van der Waals surface area contributed by atoms with Crippen LogP contribution in [0.3, 0.4) is 0 Å². The first kappa shape index (κ1) is 17.5. The molecule has 0 aliphatic rings. The van der Waals surface area contributed by atoms with E-state index < -0.39 is 5.92 Å². The van der Waals surface area contributed by atoms with Crippen molar-refractivity contribution in [2.45, 2.75) is 20.3 Å². The molecular formula is C20H22N2O2. The van der Waals surface area contributed by atoms with Crippen LogP contribution in [-0.4, -0.2) is 11.8 Å². The van der Waals surface area contributed by atoms with Crippen molar-refractivity contribution in [1.29, 1.82) is 0 Å². The summed E-state index contributed by atoms with van der Waals surface area (Å²) in [6.07, 6.45) is 1.85. The molecule has 0 aromatic heterocycles. The van der Waals surface area contributed by atoms with Gasteiger partial charge in [-0.3, -0.25) is 9.59 Å². The van der Waals surface area contributed by atoms with Crippen LogP contribution >= 0.6 is 0 Å². The third kappa shape index (κ3) is 4.81. The van der Waals surface area contributed by atoms with E-state index in [0.29, 0.717) is 11.4 Å². The maximum Gasteiger partial charge on any atom is 0.237 e. The molecule has 0 fully saturated rings. The van der Waals surface area contributed by atoms with E-state index >= 15 is 0 Å². The summed E-state index contributed by atoms with van der Waals surface area (Å²) in [5.41, 5.74) is 3.55. The zero-order chi connectivity index (χ0) is 17.5. The van der Waals surface area contributed by atoms with E-state index in [-0.39, 0.29) is 18.2 Å². The predicted octanol–water partition coefficient (Wildman–Crippen LogP) is 4.07. The van der Waals surface area contributed by atoms with Gasteiger partial charge in [0.2, 0.25) is 11.8 Å². The molecule has 2 aromatic rings. The fourth-order valence-corrected chi connectivity index (χ4v) is 2.23. The number of rotatable bonds is 6. The molecule has 0 spiro atoms. The second kappa shape index (κ2) is 8.11. The van der Waals surface area contributed by atoms with Crippen LogP contribution in [0.5, 0.6) is 0 Å². The van der Waals surface area contributed by atoms with Gasteiger partial charge >= 0.3 is 0 Å². The quantitative estimate of drug-likeness (QED) is 0.622. The topological polar surface area (TPSA) is 58.2 Å². The van der Waals surface area contributed by atoms with Crippen LogP contribution in [0.4, 0.5) is 11.4 Å². The van der Waals surface area contributed by atoms with Crippen LogP contribution in [0.15, 0.2) is 61.2 Å². The average molecular weight is 322 g/mol. The van der Waals surface area contributed by atoms with Gasteiger partial charge in [0.25, 0.3) is 0 Å². The monoisotopic (exact) mass is 322 g/mol. The van der Waals surface area contributed by atoms with Crippen molar-refractivity contribution in [3.63, 3.8) is 0 Å². The number of carbonyl (C=O) groups excluding carboxylic acids is 2. The van der Waals surface area contributed by atoms with Gasteiger partial charge in [-0.1, -0.05) is 41.5 Å². The van der Waals surface area contributed by atoms with E-state index in [1.807, 2.05) is 62.4 Å². The number of nitrogens with one attached hydrogen (secondary N) is 2. The van der Waals surface area contributed by atoms with Crippen molar-refractivity contribution in [2.24, 2.45) is 5.92 Å². The molecule has 0 aliphatic carbocycles. The number of amides is 2. The van der Waals surface area contributed by atoms with Gasteiger partial charge in [0.15, 0.2) is 0 Å². The fraction of sp³-hybridized carbons (Fsp3) is 0.200. The summed E-state index contributed by atoms with van der Waals surface area (Å²) in [6.45, 7) is 7.59. The number of carbonyl (C=O) groups is 2. The molecule has 2 aromatic carbocycles. The minimum absolute atomic E-state index is 0.273. The Morgan fingerprint density at radius 3 is 1.58 bits per heavy atom. The normalized spacial score (nSPS) is 10.3. The Bertz CT molecular complexity index is 659. The van der Waals surface area contributed by atoms with Crippen molar-refractivity contribution < 1.29 is 9.59 Å². The Hall–Kier alpha value is -2.88. The van der Waals surface area contributed by atoms with Gasteiger partial charge in [-0.25, -0.2) is 0 Å². The third-order valence-corrected chi connectivity index (χ3v) is 3.67. The molecule has 0 atom stereocenters. The Morgan fingerprint density at radius 1 is 0.875 bits per heavy atom. The molecule has 0 saturated carbocycles. The summed E-state index contributed by atoms with van der Waals surface area (Å²) in [6, 6.07) is 14.9. The molecule has 0 aliphatic heterocycles. The molecule has 2 N–H and O–H groups in total. The van der Waals surface area contributed by atoms with Crippen LogP contribution in [0, 0.1) is 19.8 Å². The highest BCUT2D eigenvalue weighted by Gasteiger charge is 2.25. The van der Waals surface area contributed by atoms with Gasteiger partial charge in [0, 0.05) is 11.4 Å². The highest BCUT2D eigenvalue weighted by molar-refractivity contribution is 6.10. The number of hydrogen-bond donors (Lipinski definition) is 2. The van der Waals surface area contributed by atoms with Crippen LogP contribution in [0.2, 0.25) is 0 Å². The molecule has 0 saturated heterocycles. The lowest BCUT2D eigenvalue weighted by Crippen LogP contribution is -2.33. The Balaban J connectivity index is 2.07. The first-order valence-corrected chi connectivity index (χ1v) is 7.85. The summed E-state index contributed by atoms with van der Waals surface area (Å²) < 4.78 is 0. The largest absolute Gasteiger partial charge is 0.325 e. The third-order valence-electron chi connectivity index (χ3n) is 3.67. The Morgan fingerprint density at radius 2 is 1.25 bits per heavy atom. The Labute approximate surface area is 142 Å². The maximum atomic E-state index is 12.5. The van der Waals surface area contributed by atoms with Crippen molar-refractivity contribution in [1.82, 2.24) is 0 Å². The molecule has 4 heteroatoms. The number of hydrogen-bond acceptors (Lipinski definition) is 2. The van der Waals surface area contributed by atoms with Gasteiger partial charge in [0.1, 0.15) is 5.92 Å². The molecule has 0 unspecified atom stereocenters. The van der Waals surface area contributed by atoms with E-state index in [1.165, 1.54) is 0 Å². The second-order valence-corrected chi connectivity index (χ2v) is 5.79. The highest BCUT2D eigenvalue weighted by Crippen LogP contribution is 2.16. The number of aryl methyl sites for hydroxylation is 2. The van der Waals surface area contributed by atoms with Crippen molar-refractivity contribution in [3.8, 4) is 0 Å². The van der Waals surface area contributed by atoms with Crippen molar-refractivity contribution in [2.75, 3.05) is 10.6 Å². The van der Waals surface area contributed by atoms with Gasteiger partial charge in [-0.2, -0.15) is 0 Å². The zero-order valence-corrected chi connectivity index (χ0v) is 14.0. The first-order chi connectivity index (χ1) is 11.5. The SMILES string of the molecule is C=CCC(C(=O)Nc1ccc(C)cc1)C(=O)Nc1ccc(C)cc1. The highest BCUT2D eigenvalue weighted by atomic mass is 16.2. The van der Waals surface area contributed by atoms with Crippen molar-refractivity contribution >= 4 is 23.2 Å². The molecule has 0 bridgehead atoms. The lowest BCUT2D eigenvalue weighted by molar-refractivity contribution is -0.129. The van der Waals surface area contributed by atoms with Gasteiger partial charge in [0.05, 0.1) is 0 Å².